The van der Waals surface area contributed by atoms with E-state index in [1.54, 1.807) is 19.3 Å². The van der Waals surface area contributed by atoms with Gasteiger partial charge in [-0.15, -0.1) is 0 Å². The number of nitrogens with two attached hydrogens (primary N) is 1. The van der Waals surface area contributed by atoms with Gasteiger partial charge in [0.1, 0.15) is 0 Å². The number of sulfonamides is 1. The molecule has 1 aromatic heterocycles. The molecule has 1 heterocycles. The molecule has 0 fully saturated rings. The molecule has 0 aliphatic carbocycles. The summed E-state index contributed by atoms with van der Waals surface area (Å²) in [5, 5.41) is 4.46. The number of nitrogens with zero attached hydrogens (tertiary/aromatic N) is 1. The van der Waals surface area contributed by atoms with Gasteiger partial charge in [0.2, 0.25) is 10.0 Å². The third-order valence-corrected chi connectivity index (χ3v) is 4.41. The van der Waals surface area contributed by atoms with Crippen molar-refractivity contribution < 1.29 is 8.42 Å². The average molecular weight is 293 g/mol. The van der Waals surface area contributed by atoms with Gasteiger partial charge in [0.05, 0.1) is 5.25 Å². The number of pyridine rings is 1. The Labute approximate surface area is 98.1 Å². The molecule has 0 spiro atoms. The first-order valence-corrected chi connectivity index (χ1v) is 6.83. The fourth-order valence-corrected chi connectivity index (χ4v) is 1.96. The van der Waals surface area contributed by atoms with E-state index in [0.29, 0.717) is 6.42 Å². The average Bonchev–Trinajstić information content (AvgIpc) is 2.11. The van der Waals surface area contributed by atoms with Gasteiger partial charge in [-0.1, -0.05) is 0 Å². The number of primary sulfonamides is 1. The summed E-state index contributed by atoms with van der Waals surface area (Å²) in [6, 6.07) is 0. The van der Waals surface area contributed by atoms with Crippen LogP contribution in [-0.4, -0.2) is 18.7 Å². The van der Waals surface area contributed by atoms with E-state index in [1.165, 1.54) is 0 Å². The summed E-state index contributed by atoms with van der Waals surface area (Å²) >= 11 is 3.34. The highest BCUT2D eigenvalue weighted by molar-refractivity contribution is 9.10. The Morgan fingerprint density at radius 2 is 2.13 bits per heavy atom. The molecule has 0 aliphatic heterocycles. The van der Waals surface area contributed by atoms with E-state index in [9.17, 15) is 8.42 Å². The quantitative estimate of drug-likeness (QED) is 0.914. The lowest BCUT2D eigenvalue weighted by Crippen LogP contribution is -2.27. The smallest absolute Gasteiger partial charge is 0.212 e. The van der Waals surface area contributed by atoms with Crippen molar-refractivity contribution in [2.24, 2.45) is 5.14 Å². The Bertz CT molecular complexity index is 459. The van der Waals surface area contributed by atoms with E-state index in [0.717, 1.165) is 15.6 Å². The summed E-state index contributed by atoms with van der Waals surface area (Å²) in [5.41, 5.74) is 1.89. The molecule has 0 saturated heterocycles. The standard InChI is InChI=1S/C9H13BrN2O2S/c1-6(15(11,13)14)3-8-4-12-5-9(10)7(8)2/h4-6H,3H2,1-2H3,(H2,11,13,14). The van der Waals surface area contributed by atoms with Crippen LogP contribution in [0.2, 0.25) is 0 Å². The van der Waals surface area contributed by atoms with E-state index >= 15 is 0 Å². The van der Waals surface area contributed by atoms with Crippen LogP contribution in [0.25, 0.3) is 0 Å². The van der Waals surface area contributed by atoms with Crippen LogP contribution in [0.3, 0.4) is 0 Å². The van der Waals surface area contributed by atoms with E-state index in [-0.39, 0.29) is 0 Å². The highest BCUT2D eigenvalue weighted by Crippen LogP contribution is 2.19. The molecule has 0 radical (unpaired) electrons. The number of hydrogen-bond acceptors (Lipinski definition) is 3. The first kappa shape index (κ1) is 12.6. The van der Waals surface area contributed by atoms with Crippen LogP contribution in [0.1, 0.15) is 18.1 Å². The number of rotatable bonds is 3. The number of hydrogen-bond donors (Lipinski definition) is 1. The second-order valence-electron chi connectivity index (χ2n) is 3.51. The topological polar surface area (TPSA) is 73.0 Å². The van der Waals surface area contributed by atoms with Gasteiger partial charge in [0, 0.05) is 16.9 Å². The molecule has 6 heteroatoms. The molecular weight excluding hydrogens is 280 g/mol. The summed E-state index contributed by atoms with van der Waals surface area (Å²) in [6.45, 7) is 3.51. The Morgan fingerprint density at radius 3 is 2.67 bits per heavy atom. The normalized spacial score (nSPS) is 13.9. The highest BCUT2D eigenvalue weighted by atomic mass is 79.9. The van der Waals surface area contributed by atoms with Gasteiger partial charge in [0.25, 0.3) is 0 Å². The number of aromatic nitrogens is 1. The van der Waals surface area contributed by atoms with Crippen LogP contribution >= 0.6 is 15.9 Å². The molecule has 4 nitrogen and oxygen atoms in total. The third-order valence-electron chi connectivity index (χ3n) is 2.33. The molecule has 1 rings (SSSR count). The van der Waals surface area contributed by atoms with Gasteiger partial charge in [-0.3, -0.25) is 4.98 Å². The van der Waals surface area contributed by atoms with Gasteiger partial charge in [0.15, 0.2) is 0 Å². The Morgan fingerprint density at radius 1 is 1.53 bits per heavy atom. The van der Waals surface area contributed by atoms with Crippen molar-refractivity contribution >= 4 is 26.0 Å². The van der Waals surface area contributed by atoms with Gasteiger partial charge < -0.3 is 0 Å². The molecule has 84 valence electrons. The molecule has 2 N–H and O–H groups in total. The minimum atomic E-state index is -3.47. The minimum absolute atomic E-state index is 0.386. The summed E-state index contributed by atoms with van der Waals surface area (Å²) in [4.78, 5) is 4.00. The van der Waals surface area contributed by atoms with E-state index in [2.05, 4.69) is 20.9 Å². The van der Waals surface area contributed by atoms with E-state index in [4.69, 9.17) is 5.14 Å². The first-order chi connectivity index (χ1) is 6.82. The molecule has 1 unspecified atom stereocenters. The van der Waals surface area contributed by atoms with Crippen molar-refractivity contribution in [2.75, 3.05) is 0 Å². The van der Waals surface area contributed by atoms with Crippen LogP contribution in [0.4, 0.5) is 0 Å². The molecular formula is C9H13BrN2O2S. The third kappa shape index (κ3) is 3.25. The lowest BCUT2D eigenvalue weighted by molar-refractivity contribution is 0.584. The van der Waals surface area contributed by atoms with Crippen LogP contribution in [-0.2, 0) is 16.4 Å². The lowest BCUT2D eigenvalue weighted by atomic mass is 10.1. The van der Waals surface area contributed by atoms with Gasteiger partial charge >= 0.3 is 0 Å². The largest absolute Gasteiger partial charge is 0.263 e. The maximum atomic E-state index is 11.1. The van der Waals surface area contributed by atoms with Crippen LogP contribution in [0.5, 0.6) is 0 Å². The van der Waals surface area contributed by atoms with Gasteiger partial charge in [-0.2, -0.15) is 0 Å². The molecule has 0 saturated carbocycles. The van der Waals surface area contributed by atoms with Crippen molar-refractivity contribution in [1.82, 2.24) is 4.98 Å². The second kappa shape index (κ2) is 4.59. The maximum Gasteiger partial charge on any atom is 0.212 e. The molecule has 0 amide bonds. The van der Waals surface area contributed by atoms with Gasteiger partial charge in [-0.25, -0.2) is 13.6 Å². The van der Waals surface area contributed by atoms with Crippen molar-refractivity contribution in [2.45, 2.75) is 25.5 Å². The predicted octanol–water partition coefficient (Wildman–Crippen LogP) is 1.37. The Kier molecular flexibility index (Phi) is 3.86. The summed E-state index contributed by atoms with van der Waals surface area (Å²) in [5.74, 6) is 0. The van der Waals surface area contributed by atoms with Crippen molar-refractivity contribution in [3.05, 3.63) is 28.0 Å². The zero-order chi connectivity index (χ0) is 11.6. The minimum Gasteiger partial charge on any atom is -0.263 e. The fraction of sp³-hybridized carbons (Fsp3) is 0.444. The van der Waals surface area contributed by atoms with E-state index < -0.39 is 15.3 Å². The first-order valence-electron chi connectivity index (χ1n) is 4.43. The zero-order valence-corrected chi connectivity index (χ0v) is 11.0. The Hall–Kier alpha value is -0.460. The van der Waals surface area contributed by atoms with E-state index in [1.807, 2.05) is 6.92 Å². The Balaban J connectivity index is 2.96. The SMILES string of the molecule is Cc1c(Br)cncc1CC(C)S(N)(=O)=O. The van der Waals surface area contributed by atoms with Crippen LogP contribution in [0, 0.1) is 6.92 Å². The van der Waals surface area contributed by atoms with Crippen molar-refractivity contribution in [3.8, 4) is 0 Å². The molecule has 15 heavy (non-hydrogen) atoms. The molecule has 0 aliphatic rings. The molecule has 1 aromatic rings. The molecule has 0 bridgehead atoms. The van der Waals surface area contributed by atoms with Crippen LogP contribution < -0.4 is 5.14 Å². The fourth-order valence-electron chi connectivity index (χ4n) is 1.17. The summed E-state index contributed by atoms with van der Waals surface area (Å²) in [7, 11) is -3.47. The summed E-state index contributed by atoms with van der Waals surface area (Å²) < 4.78 is 23.0. The van der Waals surface area contributed by atoms with Crippen molar-refractivity contribution in [3.63, 3.8) is 0 Å². The highest BCUT2D eigenvalue weighted by Gasteiger charge is 2.17. The van der Waals surface area contributed by atoms with Crippen molar-refractivity contribution in [1.29, 1.82) is 0 Å². The zero-order valence-electron chi connectivity index (χ0n) is 8.57. The predicted molar refractivity (Wildman–Crippen MR) is 62.9 cm³/mol. The molecule has 0 aromatic carbocycles. The monoisotopic (exact) mass is 292 g/mol. The van der Waals surface area contributed by atoms with Crippen LogP contribution in [0.15, 0.2) is 16.9 Å². The lowest BCUT2D eigenvalue weighted by Gasteiger charge is -2.11. The van der Waals surface area contributed by atoms with Gasteiger partial charge in [-0.05, 0) is 47.3 Å². The maximum absolute atomic E-state index is 11.1. The summed E-state index contributed by atoms with van der Waals surface area (Å²) in [6.07, 6.45) is 3.74. The number of halogens is 1. The second-order valence-corrected chi connectivity index (χ2v) is 6.35. The molecule has 1 atom stereocenters.